The van der Waals surface area contributed by atoms with E-state index in [1.807, 2.05) is 0 Å². The minimum absolute atomic E-state index is 0.177. The summed E-state index contributed by atoms with van der Waals surface area (Å²) < 4.78 is 5.54. The molecule has 2 fully saturated rings. The van der Waals surface area contributed by atoms with Crippen molar-refractivity contribution < 1.29 is 9.53 Å². The van der Waals surface area contributed by atoms with Gasteiger partial charge in [-0.1, -0.05) is 0 Å². The summed E-state index contributed by atoms with van der Waals surface area (Å²) in [5.41, 5.74) is 0. The Balaban J connectivity index is 1.66. The zero-order chi connectivity index (χ0) is 9.97. The second-order valence-corrected chi connectivity index (χ2v) is 4.27. The first kappa shape index (κ1) is 9.93. The molecule has 0 bridgehead atoms. The summed E-state index contributed by atoms with van der Waals surface area (Å²) in [4.78, 5) is 13.6. The maximum absolute atomic E-state index is 11.3. The number of nitrogens with one attached hydrogen (secondary N) is 1. The molecule has 1 heterocycles. The Kier molecular flexibility index (Phi) is 3.03. The van der Waals surface area contributed by atoms with Gasteiger partial charge in [-0.25, -0.2) is 0 Å². The maximum atomic E-state index is 11.3. The van der Waals surface area contributed by atoms with Crippen LogP contribution in [0.15, 0.2) is 0 Å². The monoisotopic (exact) mass is 198 g/mol. The lowest BCUT2D eigenvalue weighted by atomic mass is 10.2. The molecule has 0 radical (unpaired) electrons. The van der Waals surface area contributed by atoms with E-state index in [4.69, 9.17) is 4.74 Å². The van der Waals surface area contributed by atoms with Crippen molar-refractivity contribution in [3.05, 3.63) is 0 Å². The van der Waals surface area contributed by atoms with Crippen molar-refractivity contribution in [2.24, 2.45) is 5.92 Å². The molecule has 1 amide bonds. The fraction of sp³-hybridized carbons (Fsp3) is 0.900. The molecule has 80 valence electrons. The van der Waals surface area contributed by atoms with Gasteiger partial charge >= 0.3 is 0 Å². The molecule has 1 atom stereocenters. The third-order valence-electron chi connectivity index (χ3n) is 2.79. The van der Waals surface area contributed by atoms with E-state index in [0.717, 1.165) is 32.5 Å². The summed E-state index contributed by atoms with van der Waals surface area (Å²) in [5, 5.41) is 2.94. The van der Waals surface area contributed by atoms with Crippen LogP contribution >= 0.6 is 0 Å². The average molecular weight is 198 g/mol. The molecule has 0 spiro atoms. The van der Waals surface area contributed by atoms with Crippen molar-refractivity contribution >= 4 is 5.91 Å². The van der Waals surface area contributed by atoms with E-state index in [-0.39, 0.29) is 12.0 Å². The number of morpholine rings is 1. The number of likely N-dealkylation sites (N-methyl/N-ethyl adjacent to an activating group) is 1. The standard InChI is InChI=1S/C10H18N2O2/c1-12-4-5-14-9(7-12)6-11-10(13)8-2-3-8/h8-9H,2-7H2,1H3,(H,11,13). The molecule has 1 saturated heterocycles. The highest BCUT2D eigenvalue weighted by atomic mass is 16.5. The summed E-state index contributed by atoms with van der Waals surface area (Å²) in [6, 6.07) is 0. The van der Waals surface area contributed by atoms with E-state index in [1.165, 1.54) is 0 Å². The second kappa shape index (κ2) is 4.28. The molecule has 1 saturated carbocycles. The van der Waals surface area contributed by atoms with Crippen molar-refractivity contribution in [3.63, 3.8) is 0 Å². The Morgan fingerprint density at radius 2 is 2.36 bits per heavy atom. The van der Waals surface area contributed by atoms with Crippen LogP contribution in [0.25, 0.3) is 0 Å². The van der Waals surface area contributed by atoms with E-state index in [9.17, 15) is 4.79 Å². The molecule has 1 N–H and O–H groups in total. The van der Waals surface area contributed by atoms with E-state index >= 15 is 0 Å². The van der Waals surface area contributed by atoms with Crippen LogP contribution in [0.1, 0.15) is 12.8 Å². The number of nitrogens with zero attached hydrogens (tertiary/aromatic N) is 1. The van der Waals surface area contributed by atoms with Crippen LogP contribution in [0.2, 0.25) is 0 Å². The van der Waals surface area contributed by atoms with Crippen LogP contribution in [0.3, 0.4) is 0 Å². The van der Waals surface area contributed by atoms with Crippen LogP contribution in [-0.4, -0.2) is 50.2 Å². The Hall–Kier alpha value is -0.610. The predicted molar refractivity (Wildman–Crippen MR) is 53.0 cm³/mol. The molecular weight excluding hydrogens is 180 g/mol. The Morgan fingerprint density at radius 3 is 3.00 bits per heavy atom. The van der Waals surface area contributed by atoms with Gasteiger partial charge in [0.2, 0.25) is 5.91 Å². The Bertz CT molecular complexity index is 216. The predicted octanol–water partition coefficient (Wildman–Crippen LogP) is -0.157. The van der Waals surface area contributed by atoms with Gasteiger partial charge in [0.15, 0.2) is 0 Å². The first-order chi connectivity index (χ1) is 6.75. The first-order valence-corrected chi connectivity index (χ1v) is 5.33. The first-order valence-electron chi connectivity index (χ1n) is 5.33. The molecule has 0 aromatic carbocycles. The molecule has 14 heavy (non-hydrogen) atoms. The van der Waals surface area contributed by atoms with Crippen LogP contribution in [0, 0.1) is 5.92 Å². The number of rotatable bonds is 3. The summed E-state index contributed by atoms with van der Waals surface area (Å²) in [6.45, 7) is 3.36. The van der Waals surface area contributed by atoms with Gasteiger partial charge in [-0.15, -0.1) is 0 Å². The largest absolute Gasteiger partial charge is 0.374 e. The van der Waals surface area contributed by atoms with Crippen LogP contribution < -0.4 is 5.32 Å². The Morgan fingerprint density at radius 1 is 1.57 bits per heavy atom. The fourth-order valence-corrected chi connectivity index (χ4v) is 1.69. The van der Waals surface area contributed by atoms with Gasteiger partial charge in [0.1, 0.15) is 0 Å². The van der Waals surface area contributed by atoms with Gasteiger partial charge < -0.3 is 15.0 Å². The number of hydrogen-bond donors (Lipinski definition) is 1. The van der Waals surface area contributed by atoms with Crippen LogP contribution in [0.4, 0.5) is 0 Å². The van der Waals surface area contributed by atoms with E-state index in [1.54, 1.807) is 0 Å². The number of carbonyl (C=O) groups excluding carboxylic acids is 1. The highest BCUT2D eigenvalue weighted by Crippen LogP contribution is 2.28. The smallest absolute Gasteiger partial charge is 0.223 e. The second-order valence-electron chi connectivity index (χ2n) is 4.27. The topological polar surface area (TPSA) is 41.6 Å². The van der Waals surface area contributed by atoms with Gasteiger partial charge in [-0.3, -0.25) is 4.79 Å². The molecule has 4 nitrogen and oxygen atoms in total. The van der Waals surface area contributed by atoms with E-state index < -0.39 is 0 Å². The van der Waals surface area contributed by atoms with Crippen LogP contribution in [0.5, 0.6) is 0 Å². The zero-order valence-electron chi connectivity index (χ0n) is 8.66. The molecule has 2 rings (SSSR count). The highest BCUT2D eigenvalue weighted by Gasteiger charge is 2.30. The van der Waals surface area contributed by atoms with Crippen molar-refractivity contribution in [2.75, 3.05) is 33.3 Å². The van der Waals surface area contributed by atoms with E-state index in [0.29, 0.717) is 12.5 Å². The summed E-state index contributed by atoms with van der Waals surface area (Å²) in [7, 11) is 2.08. The molecule has 1 aliphatic heterocycles. The molecule has 4 heteroatoms. The lowest BCUT2D eigenvalue weighted by Gasteiger charge is -2.30. The summed E-state index contributed by atoms with van der Waals surface area (Å²) in [5.74, 6) is 0.512. The quantitative estimate of drug-likeness (QED) is 0.685. The Labute approximate surface area is 84.6 Å². The number of amides is 1. The number of ether oxygens (including phenoxy) is 1. The van der Waals surface area contributed by atoms with Gasteiger partial charge in [0, 0.05) is 25.6 Å². The van der Waals surface area contributed by atoms with Gasteiger partial charge in [-0.2, -0.15) is 0 Å². The third-order valence-corrected chi connectivity index (χ3v) is 2.79. The van der Waals surface area contributed by atoms with Gasteiger partial charge in [0.05, 0.1) is 12.7 Å². The van der Waals surface area contributed by atoms with E-state index in [2.05, 4.69) is 17.3 Å². The molecule has 1 unspecified atom stereocenters. The zero-order valence-corrected chi connectivity index (χ0v) is 8.66. The number of hydrogen-bond acceptors (Lipinski definition) is 3. The molecular formula is C10H18N2O2. The SMILES string of the molecule is CN1CCOC(CNC(=O)C2CC2)C1. The van der Waals surface area contributed by atoms with Crippen molar-refractivity contribution in [2.45, 2.75) is 18.9 Å². The minimum atomic E-state index is 0.177. The number of carbonyl (C=O) groups is 1. The third kappa shape index (κ3) is 2.69. The fourth-order valence-electron chi connectivity index (χ4n) is 1.69. The lowest BCUT2D eigenvalue weighted by Crippen LogP contribution is -2.46. The van der Waals surface area contributed by atoms with Crippen molar-refractivity contribution in [1.29, 1.82) is 0 Å². The minimum Gasteiger partial charge on any atom is -0.374 e. The molecule has 0 aromatic rings. The van der Waals surface area contributed by atoms with Crippen molar-refractivity contribution in [3.8, 4) is 0 Å². The lowest BCUT2D eigenvalue weighted by molar-refractivity contribution is -0.123. The highest BCUT2D eigenvalue weighted by molar-refractivity contribution is 5.80. The normalized spacial score (nSPS) is 28.8. The van der Waals surface area contributed by atoms with Crippen LogP contribution in [-0.2, 0) is 9.53 Å². The molecule has 1 aliphatic carbocycles. The van der Waals surface area contributed by atoms with Crippen molar-refractivity contribution in [1.82, 2.24) is 10.2 Å². The molecule has 0 aromatic heterocycles. The van der Waals surface area contributed by atoms with Gasteiger partial charge in [-0.05, 0) is 19.9 Å². The summed E-state index contributed by atoms with van der Waals surface area (Å²) >= 11 is 0. The van der Waals surface area contributed by atoms with Gasteiger partial charge in [0.25, 0.3) is 0 Å². The molecule has 2 aliphatic rings. The summed E-state index contributed by atoms with van der Waals surface area (Å²) in [6.07, 6.45) is 2.31. The maximum Gasteiger partial charge on any atom is 0.223 e. The average Bonchev–Trinajstić information content (AvgIpc) is 2.97.